The lowest BCUT2D eigenvalue weighted by Gasteiger charge is -2.20. The van der Waals surface area contributed by atoms with Crippen LogP contribution in [0.3, 0.4) is 0 Å². The van der Waals surface area contributed by atoms with E-state index in [2.05, 4.69) is 18.7 Å². The maximum atomic E-state index is 10.7. The van der Waals surface area contributed by atoms with Gasteiger partial charge >= 0.3 is 0 Å². The van der Waals surface area contributed by atoms with E-state index in [-0.39, 0.29) is 10.6 Å². The van der Waals surface area contributed by atoms with Crippen LogP contribution in [0.1, 0.15) is 32.3 Å². The first kappa shape index (κ1) is 13.6. The SMILES string of the molecule is CCCN(CCC)Cc1cccc([N+](=O)[O-])c1. The highest BCUT2D eigenvalue weighted by molar-refractivity contribution is 5.34. The van der Waals surface area contributed by atoms with Gasteiger partial charge in [0.05, 0.1) is 4.92 Å². The standard InChI is InChI=1S/C13H20N2O2/c1-3-8-14(9-4-2)11-12-6-5-7-13(10-12)15(16)17/h5-7,10H,3-4,8-9,11H2,1-2H3. The third-order valence-corrected chi connectivity index (χ3v) is 2.61. The summed E-state index contributed by atoms with van der Waals surface area (Å²) in [5, 5.41) is 10.7. The minimum atomic E-state index is -0.340. The molecular weight excluding hydrogens is 216 g/mol. The van der Waals surface area contributed by atoms with Gasteiger partial charge in [0.1, 0.15) is 0 Å². The number of hydrogen-bond donors (Lipinski definition) is 0. The van der Waals surface area contributed by atoms with Crippen LogP contribution in [0.5, 0.6) is 0 Å². The summed E-state index contributed by atoms with van der Waals surface area (Å²) in [7, 11) is 0. The van der Waals surface area contributed by atoms with Crippen molar-refractivity contribution in [3.63, 3.8) is 0 Å². The van der Waals surface area contributed by atoms with Crippen LogP contribution in [0.2, 0.25) is 0 Å². The zero-order chi connectivity index (χ0) is 12.7. The first-order valence-corrected chi connectivity index (χ1v) is 6.13. The molecule has 17 heavy (non-hydrogen) atoms. The monoisotopic (exact) mass is 236 g/mol. The minimum absolute atomic E-state index is 0.176. The molecule has 4 heteroatoms. The molecule has 0 aromatic heterocycles. The Kier molecular flexibility index (Phi) is 5.63. The number of benzene rings is 1. The highest BCUT2D eigenvalue weighted by Gasteiger charge is 2.08. The fourth-order valence-corrected chi connectivity index (χ4v) is 1.93. The summed E-state index contributed by atoms with van der Waals surface area (Å²) in [6, 6.07) is 6.90. The summed E-state index contributed by atoms with van der Waals surface area (Å²) in [5.74, 6) is 0. The summed E-state index contributed by atoms with van der Waals surface area (Å²) in [6.45, 7) is 7.17. The molecule has 1 aromatic rings. The van der Waals surface area contributed by atoms with Crippen LogP contribution in [0, 0.1) is 10.1 Å². The predicted octanol–water partition coefficient (Wildman–Crippen LogP) is 3.22. The molecule has 0 aliphatic rings. The van der Waals surface area contributed by atoms with E-state index < -0.39 is 0 Å². The molecule has 0 heterocycles. The summed E-state index contributed by atoms with van der Waals surface area (Å²) in [5.41, 5.74) is 1.19. The molecule has 0 N–H and O–H groups in total. The second-order valence-electron chi connectivity index (χ2n) is 4.20. The lowest BCUT2D eigenvalue weighted by molar-refractivity contribution is -0.384. The van der Waals surface area contributed by atoms with Crippen molar-refractivity contribution in [1.82, 2.24) is 4.90 Å². The third kappa shape index (κ3) is 4.53. The Hall–Kier alpha value is -1.42. The normalized spacial score (nSPS) is 10.8. The second kappa shape index (κ2) is 7.01. The molecule has 0 atom stereocenters. The highest BCUT2D eigenvalue weighted by Crippen LogP contribution is 2.15. The Morgan fingerprint density at radius 1 is 1.24 bits per heavy atom. The molecule has 0 spiro atoms. The van der Waals surface area contributed by atoms with Gasteiger partial charge in [0, 0.05) is 18.7 Å². The van der Waals surface area contributed by atoms with E-state index in [0.29, 0.717) is 0 Å². The van der Waals surface area contributed by atoms with Gasteiger partial charge < -0.3 is 0 Å². The fraction of sp³-hybridized carbons (Fsp3) is 0.538. The predicted molar refractivity (Wildman–Crippen MR) is 69.0 cm³/mol. The number of non-ortho nitro benzene ring substituents is 1. The molecular formula is C13H20N2O2. The average molecular weight is 236 g/mol. The van der Waals surface area contributed by atoms with E-state index in [4.69, 9.17) is 0 Å². The molecule has 0 aliphatic heterocycles. The van der Waals surface area contributed by atoms with Gasteiger partial charge in [0.2, 0.25) is 0 Å². The Morgan fingerprint density at radius 3 is 2.41 bits per heavy atom. The molecule has 94 valence electrons. The number of nitro groups is 1. The van der Waals surface area contributed by atoms with E-state index in [1.54, 1.807) is 12.1 Å². The van der Waals surface area contributed by atoms with Crippen molar-refractivity contribution in [3.8, 4) is 0 Å². The molecule has 0 saturated carbocycles. The van der Waals surface area contributed by atoms with Crippen molar-refractivity contribution >= 4 is 5.69 Å². The van der Waals surface area contributed by atoms with E-state index in [1.165, 1.54) is 6.07 Å². The quantitative estimate of drug-likeness (QED) is 0.539. The average Bonchev–Trinajstić information content (AvgIpc) is 2.30. The van der Waals surface area contributed by atoms with Crippen molar-refractivity contribution < 1.29 is 4.92 Å². The van der Waals surface area contributed by atoms with E-state index in [9.17, 15) is 10.1 Å². The Labute approximate surface area is 102 Å². The number of hydrogen-bond acceptors (Lipinski definition) is 3. The molecule has 0 aliphatic carbocycles. The van der Waals surface area contributed by atoms with Crippen molar-refractivity contribution in [2.75, 3.05) is 13.1 Å². The van der Waals surface area contributed by atoms with Gasteiger partial charge in [-0.2, -0.15) is 0 Å². The smallest absolute Gasteiger partial charge is 0.269 e. The number of nitro benzene ring substituents is 1. The van der Waals surface area contributed by atoms with E-state index in [1.807, 2.05) is 6.07 Å². The van der Waals surface area contributed by atoms with Crippen LogP contribution in [0.4, 0.5) is 5.69 Å². The van der Waals surface area contributed by atoms with Crippen LogP contribution in [-0.2, 0) is 6.54 Å². The molecule has 1 rings (SSSR count). The molecule has 0 radical (unpaired) electrons. The molecule has 0 fully saturated rings. The van der Waals surface area contributed by atoms with Gasteiger partial charge in [0.25, 0.3) is 5.69 Å². The third-order valence-electron chi connectivity index (χ3n) is 2.61. The largest absolute Gasteiger partial charge is 0.299 e. The topological polar surface area (TPSA) is 46.4 Å². The van der Waals surface area contributed by atoms with E-state index in [0.717, 1.165) is 38.0 Å². The lowest BCUT2D eigenvalue weighted by Crippen LogP contribution is -2.24. The lowest BCUT2D eigenvalue weighted by atomic mass is 10.2. The molecule has 0 unspecified atom stereocenters. The Morgan fingerprint density at radius 2 is 1.88 bits per heavy atom. The van der Waals surface area contributed by atoms with Crippen molar-refractivity contribution in [2.24, 2.45) is 0 Å². The van der Waals surface area contributed by atoms with Gasteiger partial charge in [-0.05, 0) is 31.5 Å². The van der Waals surface area contributed by atoms with Crippen LogP contribution in [0.15, 0.2) is 24.3 Å². The van der Waals surface area contributed by atoms with Crippen molar-refractivity contribution in [1.29, 1.82) is 0 Å². The second-order valence-corrected chi connectivity index (χ2v) is 4.20. The van der Waals surface area contributed by atoms with Gasteiger partial charge in [-0.1, -0.05) is 26.0 Å². The maximum Gasteiger partial charge on any atom is 0.269 e. The van der Waals surface area contributed by atoms with Crippen LogP contribution in [0.25, 0.3) is 0 Å². The number of rotatable bonds is 7. The van der Waals surface area contributed by atoms with Crippen molar-refractivity contribution in [2.45, 2.75) is 33.2 Å². The Balaban J connectivity index is 2.71. The summed E-state index contributed by atoms with van der Waals surface area (Å²) < 4.78 is 0. The molecule has 4 nitrogen and oxygen atoms in total. The zero-order valence-corrected chi connectivity index (χ0v) is 10.6. The van der Waals surface area contributed by atoms with Crippen LogP contribution in [-0.4, -0.2) is 22.9 Å². The van der Waals surface area contributed by atoms with Gasteiger partial charge in [-0.3, -0.25) is 15.0 Å². The first-order chi connectivity index (χ1) is 8.17. The molecule has 0 bridgehead atoms. The molecule has 1 aromatic carbocycles. The van der Waals surface area contributed by atoms with Crippen LogP contribution >= 0.6 is 0 Å². The van der Waals surface area contributed by atoms with Crippen molar-refractivity contribution in [3.05, 3.63) is 39.9 Å². The highest BCUT2D eigenvalue weighted by atomic mass is 16.6. The van der Waals surface area contributed by atoms with Gasteiger partial charge in [0.15, 0.2) is 0 Å². The van der Waals surface area contributed by atoms with Gasteiger partial charge in [-0.25, -0.2) is 0 Å². The fourth-order valence-electron chi connectivity index (χ4n) is 1.93. The molecule has 0 saturated heterocycles. The summed E-state index contributed by atoms with van der Waals surface area (Å²) in [4.78, 5) is 12.7. The number of nitrogens with zero attached hydrogens (tertiary/aromatic N) is 2. The summed E-state index contributed by atoms with van der Waals surface area (Å²) >= 11 is 0. The Bertz CT molecular complexity index is 360. The maximum absolute atomic E-state index is 10.7. The first-order valence-electron chi connectivity index (χ1n) is 6.13. The van der Waals surface area contributed by atoms with Gasteiger partial charge in [-0.15, -0.1) is 0 Å². The molecule has 0 amide bonds. The minimum Gasteiger partial charge on any atom is -0.299 e. The van der Waals surface area contributed by atoms with Crippen LogP contribution < -0.4 is 0 Å². The van der Waals surface area contributed by atoms with E-state index >= 15 is 0 Å². The zero-order valence-electron chi connectivity index (χ0n) is 10.6. The summed E-state index contributed by atoms with van der Waals surface area (Å²) in [6.07, 6.45) is 2.21.